The van der Waals surface area contributed by atoms with E-state index in [1.54, 1.807) is 7.11 Å². The Labute approximate surface area is 111 Å². The smallest absolute Gasteiger partial charge is 0.0870 e. The molecule has 0 aliphatic heterocycles. The third-order valence-electron chi connectivity index (χ3n) is 4.58. The lowest BCUT2D eigenvalue weighted by molar-refractivity contribution is -0.0794. The first-order valence-electron chi connectivity index (χ1n) is 6.85. The first kappa shape index (κ1) is 13.6. The summed E-state index contributed by atoms with van der Waals surface area (Å²) < 4.78 is 5.86. The van der Waals surface area contributed by atoms with Crippen molar-refractivity contribution in [1.29, 1.82) is 0 Å². The molecule has 1 saturated carbocycles. The largest absolute Gasteiger partial charge is 0.376 e. The summed E-state index contributed by atoms with van der Waals surface area (Å²) in [5.41, 5.74) is 7.90. The van der Waals surface area contributed by atoms with Gasteiger partial charge in [0.2, 0.25) is 0 Å². The van der Waals surface area contributed by atoms with Crippen LogP contribution in [-0.4, -0.2) is 12.7 Å². The van der Waals surface area contributed by atoms with E-state index in [1.165, 1.54) is 18.4 Å². The Hall–Kier alpha value is -0.860. The first-order valence-corrected chi connectivity index (χ1v) is 6.85. The predicted octanol–water partition coefficient (Wildman–Crippen LogP) is 3.67. The summed E-state index contributed by atoms with van der Waals surface area (Å²) in [5.74, 6) is 0. The second kappa shape index (κ2) is 5.02. The minimum atomic E-state index is -0.184. The van der Waals surface area contributed by atoms with Crippen LogP contribution in [0, 0.1) is 5.41 Å². The van der Waals surface area contributed by atoms with Crippen LogP contribution in [0.5, 0.6) is 0 Å². The van der Waals surface area contributed by atoms with Crippen LogP contribution >= 0.6 is 0 Å². The SMILES string of the molecule is COC1(C(N)c2ccccc2)CCC(C)(C)CC1. The number of nitrogens with two attached hydrogens (primary N) is 1. The van der Waals surface area contributed by atoms with Crippen LogP contribution in [0.15, 0.2) is 30.3 Å². The molecule has 1 aliphatic carbocycles. The van der Waals surface area contributed by atoms with Gasteiger partial charge in [-0.05, 0) is 36.7 Å². The normalized spacial score (nSPS) is 23.6. The molecular formula is C16H25NO. The topological polar surface area (TPSA) is 35.2 Å². The van der Waals surface area contributed by atoms with E-state index in [0.717, 1.165) is 12.8 Å². The van der Waals surface area contributed by atoms with Gasteiger partial charge < -0.3 is 10.5 Å². The average molecular weight is 247 g/mol. The molecule has 2 nitrogen and oxygen atoms in total. The molecule has 0 bridgehead atoms. The van der Waals surface area contributed by atoms with Gasteiger partial charge >= 0.3 is 0 Å². The van der Waals surface area contributed by atoms with Crippen LogP contribution in [-0.2, 0) is 4.74 Å². The molecule has 2 rings (SSSR count). The quantitative estimate of drug-likeness (QED) is 0.884. The van der Waals surface area contributed by atoms with Crippen molar-refractivity contribution in [3.63, 3.8) is 0 Å². The number of hydrogen-bond donors (Lipinski definition) is 1. The van der Waals surface area contributed by atoms with Crippen molar-refractivity contribution in [2.75, 3.05) is 7.11 Å². The fourth-order valence-electron chi connectivity index (χ4n) is 2.96. The maximum atomic E-state index is 6.48. The number of hydrogen-bond acceptors (Lipinski definition) is 2. The number of benzene rings is 1. The van der Waals surface area contributed by atoms with E-state index in [1.807, 2.05) is 18.2 Å². The Morgan fingerprint density at radius 3 is 2.11 bits per heavy atom. The highest BCUT2D eigenvalue weighted by Crippen LogP contribution is 2.46. The van der Waals surface area contributed by atoms with Gasteiger partial charge in [0.15, 0.2) is 0 Å². The summed E-state index contributed by atoms with van der Waals surface area (Å²) in [6.07, 6.45) is 4.46. The number of rotatable bonds is 3. The van der Waals surface area contributed by atoms with Crippen LogP contribution in [0.4, 0.5) is 0 Å². The summed E-state index contributed by atoms with van der Waals surface area (Å²) in [4.78, 5) is 0. The molecule has 0 heterocycles. The molecule has 2 heteroatoms. The van der Waals surface area contributed by atoms with E-state index in [4.69, 9.17) is 10.5 Å². The first-order chi connectivity index (χ1) is 8.49. The highest BCUT2D eigenvalue weighted by Gasteiger charge is 2.43. The molecule has 1 aliphatic rings. The summed E-state index contributed by atoms with van der Waals surface area (Å²) in [6.45, 7) is 4.67. The van der Waals surface area contributed by atoms with Crippen molar-refractivity contribution in [2.45, 2.75) is 51.2 Å². The van der Waals surface area contributed by atoms with Crippen molar-refractivity contribution in [2.24, 2.45) is 11.1 Å². The molecule has 18 heavy (non-hydrogen) atoms. The van der Waals surface area contributed by atoms with Crippen LogP contribution in [0.2, 0.25) is 0 Å². The Bertz CT molecular complexity index is 375. The molecule has 0 aromatic heterocycles. The molecule has 2 N–H and O–H groups in total. The Morgan fingerprint density at radius 2 is 1.61 bits per heavy atom. The molecular weight excluding hydrogens is 222 g/mol. The van der Waals surface area contributed by atoms with Gasteiger partial charge in [-0.2, -0.15) is 0 Å². The highest BCUT2D eigenvalue weighted by atomic mass is 16.5. The second-order valence-corrected chi connectivity index (χ2v) is 6.32. The Kier molecular flexibility index (Phi) is 3.79. The van der Waals surface area contributed by atoms with Crippen molar-refractivity contribution in [3.05, 3.63) is 35.9 Å². The van der Waals surface area contributed by atoms with Crippen molar-refractivity contribution in [1.82, 2.24) is 0 Å². The van der Waals surface area contributed by atoms with Gasteiger partial charge in [-0.15, -0.1) is 0 Å². The highest BCUT2D eigenvalue weighted by molar-refractivity contribution is 5.22. The van der Waals surface area contributed by atoms with Crippen LogP contribution in [0.25, 0.3) is 0 Å². The zero-order valence-corrected chi connectivity index (χ0v) is 11.8. The van der Waals surface area contributed by atoms with Crippen molar-refractivity contribution in [3.8, 4) is 0 Å². The molecule has 1 atom stereocenters. The monoisotopic (exact) mass is 247 g/mol. The molecule has 1 unspecified atom stereocenters. The van der Waals surface area contributed by atoms with Crippen molar-refractivity contribution >= 4 is 0 Å². The summed E-state index contributed by atoms with van der Waals surface area (Å²) in [6, 6.07) is 10.3. The minimum Gasteiger partial charge on any atom is -0.376 e. The van der Waals surface area contributed by atoms with Gasteiger partial charge in [-0.3, -0.25) is 0 Å². The van der Waals surface area contributed by atoms with Crippen LogP contribution < -0.4 is 5.73 Å². The molecule has 0 spiro atoms. The predicted molar refractivity (Wildman–Crippen MR) is 75.4 cm³/mol. The molecule has 1 fully saturated rings. The maximum absolute atomic E-state index is 6.48. The average Bonchev–Trinajstić information content (AvgIpc) is 2.40. The molecule has 0 radical (unpaired) electrons. The molecule has 0 amide bonds. The van der Waals surface area contributed by atoms with Gasteiger partial charge in [-0.25, -0.2) is 0 Å². The van der Waals surface area contributed by atoms with Gasteiger partial charge in [0.1, 0.15) is 0 Å². The zero-order valence-electron chi connectivity index (χ0n) is 11.8. The molecule has 1 aromatic carbocycles. The zero-order chi connectivity index (χ0) is 13.2. The minimum absolute atomic E-state index is 0.0280. The molecule has 1 aromatic rings. The lowest BCUT2D eigenvalue weighted by Gasteiger charge is -2.46. The van der Waals surface area contributed by atoms with E-state index in [9.17, 15) is 0 Å². The summed E-state index contributed by atoms with van der Waals surface area (Å²) in [7, 11) is 1.81. The molecule has 100 valence electrons. The number of ether oxygens (including phenoxy) is 1. The van der Waals surface area contributed by atoms with Gasteiger partial charge in [0, 0.05) is 7.11 Å². The van der Waals surface area contributed by atoms with E-state index >= 15 is 0 Å². The fraction of sp³-hybridized carbons (Fsp3) is 0.625. The lowest BCUT2D eigenvalue weighted by Crippen LogP contribution is -2.47. The molecule has 0 saturated heterocycles. The van der Waals surface area contributed by atoms with E-state index in [2.05, 4.69) is 26.0 Å². The Balaban J connectivity index is 2.19. The maximum Gasteiger partial charge on any atom is 0.0870 e. The third-order valence-corrected chi connectivity index (χ3v) is 4.58. The number of methoxy groups -OCH3 is 1. The summed E-state index contributed by atoms with van der Waals surface area (Å²) >= 11 is 0. The third kappa shape index (κ3) is 2.60. The fourth-order valence-corrected chi connectivity index (χ4v) is 2.96. The van der Waals surface area contributed by atoms with Gasteiger partial charge in [-0.1, -0.05) is 44.2 Å². The van der Waals surface area contributed by atoms with Crippen LogP contribution in [0.1, 0.15) is 51.1 Å². The standard InChI is InChI=1S/C16H25NO/c1-15(2)9-11-16(18-3,12-10-15)14(17)13-7-5-4-6-8-13/h4-8,14H,9-12,17H2,1-3H3. The summed E-state index contributed by atoms with van der Waals surface area (Å²) in [5, 5.41) is 0. The Morgan fingerprint density at radius 1 is 1.06 bits per heavy atom. The lowest BCUT2D eigenvalue weighted by atomic mass is 9.67. The van der Waals surface area contributed by atoms with Crippen LogP contribution in [0.3, 0.4) is 0 Å². The van der Waals surface area contributed by atoms with E-state index < -0.39 is 0 Å². The van der Waals surface area contributed by atoms with Gasteiger partial charge in [0.05, 0.1) is 11.6 Å². The van der Waals surface area contributed by atoms with Crippen molar-refractivity contribution < 1.29 is 4.74 Å². The van der Waals surface area contributed by atoms with E-state index in [0.29, 0.717) is 5.41 Å². The van der Waals surface area contributed by atoms with E-state index in [-0.39, 0.29) is 11.6 Å². The van der Waals surface area contributed by atoms with Gasteiger partial charge in [0.25, 0.3) is 0 Å². The second-order valence-electron chi connectivity index (χ2n) is 6.32.